The summed E-state index contributed by atoms with van der Waals surface area (Å²) in [6, 6.07) is 5.03. The molecule has 2 rings (SSSR count). The van der Waals surface area contributed by atoms with Crippen LogP contribution in [0.4, 0.5) is 0 Å². The van der Waals surface area contributed by atoms with Gasteiger partial charge in [-0.2, -0.15) is 0 Å². The van der Waals surface area contributed by atoms with Gasteiger partial charge in [0.05, 0.1) is 5.56 Å². The molecular formula is C13H13BrN4O2. The Bertz CT molecular complexity index is 649. The van der Waals surface area contributed by atoms with E-state index in [1.807, 2.05) is 6.92 Å². The number of halogens is 1. The standard InChI is InChI=1S/C13H13BrN4O2/c1-8-3-4-9(6-15-8)12(19)16-17-13(20)11-5-10(14)7-18(11)2/h3-7H,1-2H3,(H,16,19)(H,17,20). The SMILES string of the molecule is Cc1ccc(C(=O)NNC(=O)c2cc(Br)cn2C)cn1. The number of nitrogens with zero attached hydrogens (tertiary/aromatic N) is 2. The highest BCUT2D eigenvalue weighted by Crippen LogP contribution is 2.13. The zero-order chi connectivity index (χ0) is 14.7. The van der Waals surface area contributed by atoms with E-state index in [4.69, 9.17) is 0 Å². The number of nitrogens with one attached hydrogen (secondary N) is 2. The second-order valence-corrected chi connectivity index (χ2v) is 5.17. The Morgan fingerprint density at radius 3 is 2.50 bits per heavy atom. The number of hydrogen-bond donors (Lipinski definition) is 2. The van der Waals surface area contributed by atoms with Gasteiger partial charge in [-0.15, -0.1) is 0 Å². The minimum Gasteiger partial charge on any atom is -0.345 e. The van der Waals surface area contributed by atoms with E-state index in [1.54, 1.807) is 36.0 Å². The lowest BCUT2D eigenvalue weighted by Gasteiger charge is -2.07. The van der Waals surface area contributed by atoms with Gasteiger partial charge in [-0.1, -0.05) is 0 Å². The van der Waals surface area contributed by atoms with Gasteiger partial charge < -0.3 is 4.57 Å². The number of hydrazine groups is 1. The molecule has 0 bridgehead atoms. The highest BCUT2D eigenvalue weighted by atomic mass is 79.9. The zero-order valence-electron chi connectivity index (χ0n) is 11.0. The third-order valence-corrected chi connectivity index (χ3v) is 3.10. The fourth-order valence-corrected chi connectivity index (χ4v) is 2.13. The van der Waals surface area contributed by atoms with Crippen molar-refractivity contribution in [1.29, 1.82) is 0 Å². The molecule has 2 aromatic heterocycles. The largest absolute Gasteiger partial charge is 0.345 e. The van der Waals surface area contributed by atoms with Crippen LogP contribution in [0.15, 0.2) is 35.1 Å². The van der Waals surface area contributed by atoms with E-state index in [0.29, 0.717) is 11.3 Å². The van der Waals surface area contributed by atoms with Gasteiger partial charge in [-0.3, -0.25) is 25.4 Å². The Morgan fingerprint density at radius 1 is 1.25 bits per heavy atom. The summed E-state index contributed by atoms with van der Waals surface area (Å²) in [7, 11) is 1.74. The number of hydrogen-bond acceptors (Lipinski definition) is 3. The molecule has 0 aliphatic carbocycles. The van der Waals surface area contributed by atoms with Crippen LogP contribution in [0.25, 0.3) is 0 Å². The van der Waals surface area contributed by atoms with Gasteiger partial charge in [-0.05, 0) is 41.1 Å². The number of carbonyl (C=O) groups is 2. The molecule has 0 spiro atoms. The van der Waals surface area contributed by atoms with Crippen LogP contribution in [0, 0.1) is 6.92 Å². The highest BCUT2D eigenvalue weighted by Gasteiger charge is 2.12. The van der Waals surface area contributed by atoms with E-state index in [1.165, 1.54) is 6.20 Å². The van der Waals surface area contributed by atoms with E-state index in [0.717, 1.165) is 10.2 Å². The van der Waals surface area contributed by atoms with Crippen molar-refractivity contribution in [2.24, 2.45) is 7.05 Å². The molecule has 0 aromatic carbocycles. The third kappa shape index (κ3) is 3.24. The summed E-state index contributed by atoms with van der Waals surface area (Å²) in [6.45, 7) is 1.83. The lowest BCUT2D eigenvalue weighted by atomic mass is 10.2. The van der Waals surface area contributed by atoms with Gasteiger partial charge >= 0.3 is 0 Å². The summed E-state index contributed by atoms with van der Waals surface area (Å²) in [5, 5.41) is 0. The maximum atomic E-state index is 11.9. The summed E-state index contributed by atoms with van der Waals surface area (Å²) in [5.41, 5.74) is 6.33. The molecule has 0 saturated heterocycles. The molecule has 20 heavy (non-hydrogen) atoms. The Labute approximate surface area is 124 Å². The van der Waals surface area contributed by atoms with E-state index >= 15 is 0 Å². The maximum absolute atomic E-state index is 11.9. The van der Waals surface area contributed by atoms with Crippen molar-refractivity contribution in [1.82, 2.24) is 20.4 Å². The Hall–Kier alpha value is -2.15. The molecule has 7 heteroatoms. The minimum absolute atomic E-state index is 0.379. The van der Waals surface area contributed by atoms with Crippen LogP contribution in [0.5, 0.6) is 0 Å². The summed E-state index contributed by atoms with van der Waals surface area (Å²) in [5.74, 6) is -0.814. The smallest absolute Gasteiger partial charge is 0.286 e. The average Bonchev–Trinajstić information content (AvgIpc) is 2.75. The third-order valence-electron chi connectivity index (χ3n) is 2.67. The molecule has 0 saturated carbocycles. The minimum atomic E-state index is -0.417. The van der Waals surface area contributed by atoms with Gasteiger partial charge in [0, 0.05) is 29.6 Å². The fraction of sp³-hybridized carbons (Fsp3) is 0.154. The molecular weight excluding hydrogens is 324 g/mol. The number of pyridine rings is 1. The molecule has 0 fully saturated rings. The van der Waals surface area contributed by atoms with Crippen molar-refractivity contribution in [3.05, 3.63) is 52.0 Å². The topological polar surface area (TPSA) is 76.0 Å². The van der Waals surface area contributed by atoms with Crippen molar-refractivity contribution in [3.63, 3.8) is 0 Å². The zero-order valence-corrected chi connectivity index (χ0v) is 12.6. The van der Waals surface area contributed by atoms with Crippen molar-refractivity contribution >= 4 is 27.7 Å². The highest BCUT2D eigenvalue weighted by molar-refractivity contribution is 9.10. The van der Waals surface area contributed by atoms with Crippen molar-refractivity contribution in [2.75, 3.05) is 0 Å². The molecule has 0 radical (unpaired) electrons. The number of rotatable bonds is 2. The quantitative estimate of drug-likeness (QED) is 0.817. The lowest BCUT2D eigenvalue weighted by molar-refractivity contribution is 0.0842. The Morgan fingerprint density at radius 2 is 1.95 bits per heavy atom. The fourth-order valence-electron chi connectivity index (χ4n) is 1.60. The summed E-state index contributed by atoms with van der Waals surface area (Å²) >= 11 is 3.28. The summed E-state index contributed by atoms with van der Waals surface area (Å²) < 4.78 is 2.44. The number of carbonyl (C=O) groups excluding carboxylic acids is 2. The number of amides is 2. The van der Waals surface area contributed by atoms with Crippen molar-refractivity contribution < 1.29 is 9.59 Å². The predicted octanol–water partition coefficient (Wildman–Crippen LogP) is 1.57. The van der Waals surface area contributed by atoms with Crippen LogP contribution >= 0.6 is 15.9 Å². The van der Waals surface area contributed by atoms with Crippen LogP contribution in [-0.2, 0) is 7.05 Å². The number of aryl methyl sites for hydroxylation is 2. The Kier molecular flexibility index (Phi) is 4.19. The molecule has 6 nitrogen and oxygen atoms in total. The van der Waals surface area contributed by atoms with Crippen LogP contribution in [-0.4, -0.2) is 21.4 Å². The average molecular weight is 337 g/mol. The lowest BCUT2D eigenvalue weighted by Crippen LogP contribution is -2.42. The summed E-state index contributed by atoms with van der Waals surface area (Å²) in [4.78, 5) is 27.7. The van der Waals surface area contributed by atoms with Crippen LogP contribution in [0.1, 0.15) is 26.5 Å². The van der Waals surface area contributed by atoms with E-state index in [2.05, 4.69) is 31.8 Å². The molecule has 0 atom stereocenters. The first-order valence-electron chi connectivity index (χ1n) is 5.82. The monoisotopic (exact) mass is 336 g/mol. The van der Waals surface area contributed by atoms with Gasteiger partial charge in [0.15, 0.2) is 0 Å². The Balaban J connectivity index is 1.98. The molecule has 2 N–H and O–H groups in total. The summed E-state index contributed by atoms with van der Waals surface area (Å²) in [6.07, 6.45) is 3.20. The van der Waals surface area contributed by atoms with E-state index in [9.17, 15) is 9.59 Å². The molecule has 0 unspecified atom stereocenters. The maximum Gasteiger partial charge on any atom is 0.286 e. The second kappa shape index (κ2) is 5.87. The van der Waals surface area contributed by atoms with E-state index < -0.39 is 11.8 Å². The first-order chi connectivity index (χ1) is 9.47. The van der Waals surface area contributed by atoms with Gasteiger partial charge in [-0.25, -0.2) is 0 Å². The molecule has 2 aromatic rings. The normalized spacial score (nSPS) is 10.2. The molecule has 0 aliphatic rings. The predicted molar refractivity (Wildman–Crippen MR) is 77.0 cm³/mol. The second-order valence-electron chi connectivity index (χ2n) is 4.25. The van der Waals surface area contributed by atoms with Crippen LogP contribution in [0.3, 0.4) is 0 Å². The van der Waals surface area contributed by atoms with Crippen LogP contribution in [0.2, 0.25) is 0 Å². The molecule has 0 aliphatic heterocycles. The van der Waals surface area contributed by atoms with Gasteiger partial charge in [0.1, 0.15) is 5.69 Å². The molecule has 2 amide bonds. The molecule has 104 valence electrons. The van der Waals surface area contributed by atoms with Gasteiger partial charge in [0.2, 0.25) is 0 Å². The van der Waals surface area contributed by atoms with Crippen molar-refractivity contribution in [2.45, 2.75) is 6.92 Å². The van der Waals surface area contributed by atoms with Crippen LogP contribution < -0.4 is 10.9 Å². The van der Waals surface area contributed by atoms with Gasteiger partial charge in [0.25, 0.3) is 11.8 Å². The first kappa shape index (κ1) is 14.3. The van der Waals surface area contributed by atoms with Crippen molar-refractivity contribution in [3.8, 4) is 0 Å². The number of aromatic nitrogens is 2. The van der Waals surface area contributed by atoms with E-state index in [-0.39, 0.29) is 0 Å². The molecule has 2 heterocycles. The first-order valence-corrected chi connectivity index (χ1v) is 6.62.